The lowest BCUT2D eigenvalue weighted by atomic mass is 9.89. The van der Waals surface area contributed by atoms with E-state index in [0.29, 0.717) is 24.1 Å². The summed E-state index contributed by atoms with van der Waals surface area (Å²) in [7, 11) is 0. The molecule has 1 fully saturated rings. The van der Waals surface area contributed by atoms with Crippen LogP contribution in [-0.2, 0) is 43.0 Å². The molecule has 0 radical (unpaired) electrons. The summed E-state index contributed by atoms with van der Waals surface area (Å²) >= 11 is 17.1. The van der Waals surface area contributed by atoms with Gasteiger partial charge in [-0.3, -0.25) is 33.8 Å². The number of carbonyl (C=O) groups is 6. The lowest BCUT2D eigenvalue weighted by Crippen LogP contribution is -2.62. The maximum Gasteiger partial charge on any atom is 0.325 e. The van der Waals surface area contributed by atoms with E-state index in [1.54, 1.807) is 73.6 Å². The maximum absolute atomic E-state index is 13.9. The molecule has 3 N–H and O–H groups in total. The molecule has 2 aromatic rings. The molecular formula is C39H52Cl3N5O9. The minimum atomic E-state index is -1.83. The number of halogens is 3. The fourth-order valence-corrected chi connectivity index (χ4v) is 5.76. The topological polar surface area (TPSA) is 182 Å². The van der Waals surface area contributed by atoms with Crippen molar-refractivity contribution in [1.29, 1.82) is 0 Å². The molecule has 0 bridgehead atoms. The van der Waals surface area contributed by atoms with E-state index in [2.05, 4.69) is 21.0 Å². The Labute approximate surface area is 342 Å². The van der Waals surface area contributed by atoms with E-state index in [1.165, 1.54) is 6.92 Å². The number of carbonyl (C=O) groups excluding carboxylic acids is 6. The molecule has 2 heterocycles. The molecule has 3 amide bonds. The van der Waals surface area contributed by atoms with Gasteiger partial charge in [-0.15, -0.1) is 0 Å². The van der Waals surface area contributed by atoms with Crippen molar-refractivity contribution in [2.45, 2.75) is 115 Å². The van der Waals surface area contributed by atoms with Crippen LogP contribution in [0.25, 0.3) is 17.0 Å². The maximum atomic E-state index is 13.9. The van der Waals surface area contributed by atoms with Gasteiger partial charge in [-0.25, -0.2) is 10.4 Å². The molecule has 17 heteroatoms. The number of hydrogen-bond acceptors (Lipinski definition) is 11. The van der Waals surface area contributed by atoms with Gasteiger partial charge in [-0.1, -0.05) is 79.0 Å². The largest absolute Gasteiger partial charge is 0.460 e. The van der Waals surface area contributed by atoms with Gasteiger partial charge in [-0.05, 0) is 78.0 Å². The predicted octanol–water partition coefficient (Wildman–Crippen LogP) is 5.66. The fourth-order valence-electron chi connectivity index (χ4n) is 5.60. The van der Waals surface area contributed by atoms with Crippen LogP contribution in [0.5, 0.6) is 0 Å². The molecule has 308 valence electrons. The molecule has 0 spiro atoms. The SMILES string of the molecule is CC(=O)OC(C)c1ccc2ccc(C=CC(C)(C)C(=O)NC(C(=O)NC(CC(=O)OC(C)(C)C)C(=O)N3CCCC(C(=O)OCC(Cl)(Cl)Cl)N3)C(C)C)cc2n1. The Bertz CT molecular complexity index is 1810. The van der Waals surface area contributed by atoms with E-state index in [9.17, 15) is 28.8 Å². The van der Waals surface area contributed by atoms with Crippen LogP contribution in [0.3, 0.4) is 0 Å². The second-order valence-electron chi connectivity index (χ2n) is 15.6. The number of hydrazine groups is 1. The van der Waals surface area contributed by atoms with Crippen molar-refractivity contribution in [3.8, 4) is 0 Å². The van der Waals surface area contributed by atoms with Gasteiger partial charge < -0.3 is 24.8 Å². The number of esters is 3. The molecule has 1 aromatic carbocycles. The van der Waals surface area contributed by atoms with Crippen LogP contribution in [0.15, 0.2) is 36.4 Å². The molecular weight excluding hydrogens is 789 g/mol. The summed E-state index contributed by atoms with van der Waals surface area (Å²) in [5.41, 5.74) is 2.84. The summed E-state index contributed by atoms with van der Waals surface area (Å²) in [5, 5.41) is 7.48. The van der Waals surface area contributed by atoms with Gasteiger partial charge in [0, 0.05) is 18.9 Å². The molecule has 1 aliphatic rings. The Balaban J connectivity index is 1.78. The number of nitrogens with zero attached hydrogens (tertiary/aromatic N) is 2. The van der Waals surface area contributed by atoms with Crippen LogP contribution in [0.4, 0.5) is 0 Å². The molecule has 1 aliphatic heterocycles. The van der Waals surface area contributed by atoms with E-state index in [0.717, 1.165) is 16.0 Å². The number of nitrogens with one attached hydrogen (secondary N) is 3. The number of ether oxygens (including phenoxy) is 3. The highest BCUT2D eigenvalue weighted by atomic mass is 35.6. The zero-order valence-electron chi connectivity index (χ0n) is 33.2. The fraction of sp³-hybridized carbons (Fsp3) is 0.564. The number of amides is 3. The minimum absolute atomic E-state index is 0.153. The van der Waals surface area contributed by atoms with Crippen molar-refractivity contribution in [2.24, 2.45) is 11.3 Å². The number of hydrogen-bond donors (Lipinski definition) is 3. The second kappa shape index (κ2) is 19.4. The van der Waals surface area contributed by atoms with Crippen LogP contribution in [0, 0.1) is 11.3 Å². The third-order valence-electron chi connectivity index (χ3n) is 8.53. The molecule has 0 saturated carbocycles. The molecule has 4 unspecified atom stereocenters. The molecule has 14 nitrogen and oxygen atoms in total. The lowest BCUT2D eigenvalue weighted by Gasteiger charge is -2.35. The molecule has 1 aromatic heterocycles. The molecule has 4 atom stereocenters. The van der Waals surface area contributed by atoms with Crippen molar-refractivity contribution in [3.05, 3.63) is 47.7 Å². The van der Waals surface area contributed by atoms with E-state index < -0.39 is 93.6 Å². The zero-order chi connectivity index (χ0) is 42.2. The van der Waals surface area contributed by atoms with Crippen molar-refractivity contribution in [2.75, 3.05) is 13.2 Å². The molecule has 0 aliphatic carbocycles. The predicted molar refractivity (Wildman–Crippen MR) is 213 cm³/mol. The Morgan fingerprint density at radius 3 is 2.27 bits per heavy atom. The summed E-state index contributed by atoms with van der Waals surface area (Å²) < 4.78 is 14.0. The molecule has 3 rings (SSSR count). The van der Waals surface area contributed by atoms with Gasteiger partial charge in [0.15, 0.2) is 0 Å². The molecule has 1 saturated heterocycles. The highest BCUT2D eigenvalue weighted by molar-refractivity contribution is 6.67. The third-order valence-corrected chi connectivity index (χ3v) is 8.86. The van der Waals surface area contributed by atoms with E-state index in [4.69, 9.17) is 49.0 Å². The number of benzene rings is 1. The standard InChI is InChI=1S/C39H52Cl3N5O9/c1-22(2)32(45-36(53)38(8,9)17-16-25-12-13-26-14-15-27(43-29(26)19-25)23(3)55-24(4)48)33(50)44-30(20-31(49)56-37(5,6)7)34(51)47-18-10-11-28(46-47)35(52)54-21-39(40,41)42/h12-17,19,22-23,28,30,32,46H,10-11,18,20-21H2,1-9H3,(H,44,50)(H,45,53). The first kappa shape index (κ1) is 46.4. The first-order valence-corrected chi connectivity index (χ1v) is 19.4. The number of fused-ring (bicyclic) bond motifs is 1. The number of rotatable bonds is 14. The van der Waals surface area contributed by atoms with Crippen molar-refractivity contribution in [1.82, 2.24) is 26.1 Å². The summed E-state index contributed by atoms with van der Waals surface area (Å²) in [4.78, 5) is 83.2. The van der Waals surface area contributed by atoms with Crippen LogP contribution in [0.1, 0.15) is 98.9 Å². The van der Waals surface area contributed by atoms with Gasteiger partial charge in [0.05, 0.1) is 23.0 Å². The monoisotopic (exact) mass is 839 g/mol. The summed E-state index contributed by atoms with van der Waals surface area (Å²) in [6, 6.07) is 5.81. The van der Waals surface area contributed by atoms with Crippen molar-refractivity contribution < 1.29 is 43.0 Å². The highest BCUT2D eigenvalue weighted by Crippen LogP contribution is 2.27. The van der Waals surface area contributed by atoms with Gasteiger partial charge in [-0.2, -0.15) is 0 Å². The van der Waals surface area contributed by atoms with Crippen molar-refractivity contribution in [3.63, 3.8) is 0 Å². The lowest BCUT2D eigenvalue weighted by molar-refractivity contribution is -0.160. The Morgan fingerprint density at radius 2 is 1.66 bits per heavy atom. The number of aromatic nitrogens is 1. The minimum Gasteiger partial charge on any atom is -0.460 e. The zero-order valence-corrected chi connectivity index (χ0v) is 35.4. The first-order chi connectivity index (χ1) is 25.8. The van der Waals surface area contributed by atoms with Crippen LogP contribution in [0.2, 0.25) is 0 Å². The van der Waals surface area contributed by atoms with E-state index >= 15 is 0 Å². The van der Waals surface area contributed by atoms with E-state index in [1.807, 2.05) is 24.3 Å². The summed E-state index contributed by atoms with van der Waals surface area (Å²) in [5.74, 6) is -4.23. The quantitative estimate of drug-likeness (QED) is 0.121. The normalized spacial score (nSPS) is 16.9. The number of pyridine rings is 1. The third kappa shape index (κ3) is 14.5. The highest BCUT2D eigenvalue weighted by Gasteiger charge is 2.38. The smallest absolute Gasteiger partial charge is 0.325 e. The first-order valence-electron chi connectivity index (χ1n) is 18.3. The van der Waals surface area contributed by atoms with Crippen LogP contribution in [-0.4, -0.2) is 86.3 Å². The van der Waals surface area contributed by atoms with E-state index in [-0.39, 0.29) is 6.54 Å². The van der Waals surface area contributed by atoms with Gasteiger partial charge in [0.25, 0.3) is 5.91 Å². The Kier molecular flexibility index (Phi) is 16.1. The van der Waals surface area contributed by atoms with Gasteiger partial charge in [0.1, 0.15) is 36.4 Å². The number of alkyl halides is 3. The van der Waals surface area contributed by atoms with Gasteiger partial charge in [0.2, 0.25) is 15.6 Å². The van der Waals surface area contributed by atoms with Gasteiger partial charge >= 0.3 is 17.9 Å². The van der Waals surface area contributed by atoms with Crippen molar-refractivity contribution >= 4 is 87.4 Å². The average Bonchev–Trinajstić information content (AvgIpc) is 3.09. The van der Waals surface area contributed by atoms with Crippen LogP contribution >= 0.6 is 34.8 Å². The second-order valence-corrected chi connectivity index (χ2v) is 18.1. The Morgan fingerprint density at radius 1 is 1.00 bits per heavy atom. The van der Waals surface area contributed by atoms with Crippen LogP contribution < -0.4 is 16.1 Å². The summed E-state index contributed by atoms with van der Waals surface area (Å²) in [6.45, 7) is 14.6. The summed E-state index contributed by atoms with van der Waals surface area (Å²) in [6.07, 6.45) is 3.12. The Hall–Kier alpha value is -3.98. The molecule has 56 heavy (non-hydrogen) atoms. The average molecular weight is 841 g/mol.